The van der Waals surface area contributed by atoms with E-state index < -0.39 is 16.1 Å². The molecule has 1 aromatic carbocycles. The predicted octanol–water partition coefficient (Wildman–Crippen LogP) is 2.04. The van der Waals surface area contributed by atoms with Crippen molar-refractivity contribution in [3.8, 4) is 0 Å². The first-order chi connectivity index (χ1) is 14.7. The van der Waals surface area contributed by atoms with Gasteiger partial charge in [-0.2, -0.15) is 9.40 Å². The number of hydrogen-bond acceptors (Lipinski definition) is 6. The van der Waals surface area contributed by atoms with Crippen LogP contribution in [0.3, 0.4) is 0 Å². The molecule has 3 heterocycles. The standard InChI is InChI=1S/C21H25N5O4S/c1-13-20(14(2)24-23-13)31(28,29)26-9-10-30-19(12-26)18-11-16(21(27)25(3)4)15-7-5-6-8-17(15)22-18/h5-8,11,19H,9-10,12H2,1-4H3,(H,23,24)/t19-/m0/s1. The zero-order chi connectivity index (χ0) is 22.3. The molecule has 0 spiro atoms. The molecule has 9 nitrogen and oxygen atoms in total. The quantitative estimate of drug-likeness (QED) is 0.661. The normalized spacial score (nSPS) is 17.7. The van der Waals surface area contributed by atoms with Gasteiger partial charge in [-0.05, 0) is 26.0 Å². The number of para-hydroxylation sites is 1. The third-order valence-electron chi connectivity index (χ3n) is 5.39. The number of morpholine rings is 1. The Labute approximate surface area is 181 Å². The third kappa shape index (κ3) is 3.82. The molecule has 1 aliphatic heterocycles. The van der Waals surface area contributed by atoms with Gasteiger partial charge in [-0.25, -0.2) is 13.4 Å². The Bertz CT molecular complexity index is 1230. The van der Waals surface area contributed by atoms with Gasteiger partial charge in [0, 0.05) is 32.6 Å². The van der Waals surface area contributed by atoms with E-state index >= 15 is 0 Å². The average molecular weight is 444 g/mol. The van der Waals surface area contributed by atoms with Crippen LogP contribution in [0.5, 0.6) is 0 Å². The van der Waals surface area contributed by atoms with Gasteiger partial charge in [0.05, 0.1) is 34.8 Å². The van der Waals surface area contributed by atoms with Crippen molar-refractivity contribution in [2.24, 2.45) is 0 Å². The fourth-order valence-corrected chi connectivity index (χ4v) is 5.61. The second-order valence-electron chi connectivity index (χ2n) is 7.80. The molecule has 2 aromatic heterocycles. The van der Waals surface area contributed by atoms with Crippen LogP contribution in [0.1, 0.15) is 33.5 Å². The minimum Gasteiger partial charge on any atom is -0.369 e. The number of carbonyl (C=O) groups excluding carboxylic acids is 1. The average Bonchev–Trinajstić information content (AvgIpc) is 3.11. The van der Waals surface area contributed by atoms with Crippen molar-refractivity contribution < 1.29 is 17.9 Å². The summed E-state index contributed by atoms with van der Waals surface area (Å²) in [6.07, 6.45) is -0.589. The molecule has 1 saturated heterocycles. The summed E-state index contributed by atoms with van der Waals surface area (Å²) in [6.45, 7) is 3.92. The molecule has 31 heavy (non-hydrogen) atoms. The van der Waals surface area contributed by atoms with Crippen LogP contribution in [0.2, 0.25) is 0 Å². The zero-order valence-corrected chi connectivity index (χ0v) is 18.7. The highest BCUT2D eigenvalue weighted by molar-refractivity contribution is 7.89. The number of benzene rings is 1. The minimum atomic E-state index is -3.75. The second-order valence-corrected chi connectivity index (χ2v) is 9.67. The molecule has 0 radical (unpaired) electrons. The number of fused-ring (bicyclic) bond motifs is 1. The molecule has 1 atom stereocenters. The van der Waals surface area contributed by atoms with Crippen molar-refractivity contribution in [1.82, 2.24) is 24.4 Å². The largest absolute Gasteiger partial charge is 0.369 e. The van der Waals surface area contributed by atoms with Gasteiger partial charge in [0.15, 0.2) is 0 Å². The smallest absolute Gasteiger partial charge is 0.254 e. The van der Waals surface area contributed by atoms with Gasteiger partial charge >= 0.3 is 0 Å². The minimum absolute atomic E-state index is 0.104. The van der Waals surface area contributed by atoms with Crippen LogP contribution >= 0.6 is 0 Å². The number of aromatic nitrogens is 3. The number of hydrogen-bond donors (Lipinski definition) is 1. The number of nitrogens with zero attached hydrogens (tertiary/aromatic N) is 4. The van der Waals surface area contributed by atoms with E-state index in [0.29, 0.717) is 28.2 Å². The molecule has 1 N–H and O–H groups in total. The van der Waals surface area contributed by atoms with Crippen LogP contribution in [-0.2, 0) is 14.8 Å². The summed E-state index contributed by atoms with van der Waals surface area (Å²) in [5.74, 6) is -0.148. The molecule has 164 valence electrons. The van der Waals surface area contributed by atoms with Gasteiger partial charge in [0.1, 0.15) is 11.0 Å². The van der Waals surface area contributed by atoms with E-state index in [1.165, 1.54) is 9.21 Å². The first-order valence-corrected chi connectivity index (χ1v) is 11.4. The number of aromatic amines is 1. The predicted molar refractivity (Wildman–Crippen MR) is 115 cm³/mol. The molecule has 4 rings (SSSR count). The Morgan fingerprint density at radius 1 is 1.26 bits per heavy atom. The first kappa shape index (κ1) is 21.4. The van der Waals surface area contributed by atoms with Crippen molar-refractivity contribution in [3.63, 3.8) is 0 Å². The molecular formula is C21H25N5O4S. The maximum atomic E-state index is 13.3. The van der Waals surface area contributed by atoms with Crippen molar-refractivity contribution in [1.29, 1.82) is 0 Å². The lowest BCUT2D eigenvalue weighted by Gasteiger charge is -2.32. The molecule has 0 aliphatic carbocycles. The summed E-state index contributed by atoms with van der Waals surface area (Å²) in [7, 11) is -0.361. The topological polar surface area (TPSA) is 108 Å². The number of nitrogens with one attached hydrogen (secondary N) is 1. The summed E-state index contributed by atoms with van der Waals surface area (Å²) in [6, 6.07) is 9.11. The van der Waals surface area contributed by atoms with Gasteiger partial charge in [0.2, 0.25) is 10.0 Å². The van der Waals surface area contributed by atoms with Gasteiger partial charge in [-0.15, -0.1) is 0 Å². The maximum absolute atomic E-state index is 13.3. The summed E-state index contributed by atoms with van der Waals surface area (Å²) in [5.41, 5.74) is 2.64. The number of H-pyrrole nitrogens is 1. The lowest BCUT2D eigenvalue weighted by atomic mass is 10.0. The Morgan fingerprint density at radius 3 is 2.68 bits per heavy atom. The molecule has 0 saturated carbocycles. The number of rotatable bonds is 4. The molecular weight excluding hydrogens is 418 g/mol. The summed E-state index contributed by atoms with van der Waals surface area (Å²) >= 11 is 0. The van der Waals surface area contributed by atoms with Crippen LogP contribution in [0.15, 0.2) is 35.2 Å². The zero-order valence-electron chi connectivity index (χ0n) is 17.9. The van der Waals surface area contributed by atoms with Crippen LogP contribution in [0.25, 0.3) is 10.9 Å². The monoisotopic (exact) mass is 443 g/mol. The number of carbonyl (C=O) groups is 1. The number of sulfonamides is 1. The van der Waals surface area contributed by atoms with Gasteiger partial charge in [-0.3, -0.25) is 9.89 Å². The van der Waals surface area contributed by atoms with Crippen molar-refractivity contribution >= 4 is 26.8 Å². The van der Waals surface area contributed by atoms with E-state index in [0.717, 1.165) is 5.39 Å². The highest BCUT2D eigenvalue weighted by atomic mass is 32.2. The number of aryl methyl sites for hydroxylation is 2. The van der Waals surface area contributed by atoms with E-state index in [2.05, 4.69) is 15.2 Å². The molecule has 0 unspecified atom stereocenters. The number of ether oxygens (including phenoxy) is 1. The maximum Gasteiger partial charge on any atom is 0.254 e. The Balaban J connectivity index is 1.73. The van der Waals surface area contributed by atoms with Crippen LogP contribution in [-0.4, -0.2) is 72.5 Å². The summed E-state index contributed by atoms with van der Waals surface area (Å²) in [5, 5.41) is 7.50. The Morgan fingerprint density at radius 2 is 2.00 bits per heavy atom. The SMILES string of the molecule is Cc1n[nH]c(C)c1S(=O)(=O)N1CCO[C@H](c2cc(C(=O)N(C)C)c3ccccc3n2)C1. The highest BCUT2D eigenvalue weighted by Gasteiger charge is 2.35. The van der Waals surface area contributed by atoms with Gasteiger partial charge in [-0.1, -0.05) is 18.2 Å². The summed E-state index contributed by atoms with van der Waals surface area (Å²) < 4.78 is 33.8. The van der Waals surface area contributed by atoms with Crippen LogP contribution in [0.4, 0.5) is 0 Å². The molecule has 1 amide bonds. The van der Waals surface area contributed by atoms with Gasteiger partial charge < -0.3 is 9.64 Å². The number of pyridine rings is 1. The number of amides is 1. The molecule has 1 fully saturated rings. The van der Waals surface area contributed by atoms with E-state index in [9.17, 15) is 13.2 Å². The van der Waals surface area contributed by atoms with E-state index in [1.54, 1.807) is 34.0 Å². The third-order valence-corrected chi connectivity index (χ3v) is 7.52. The van der Waals surface area contributed by atoms with Crippen molar-refractivity contribution in [3.05, 3.63) is 53.0 Å². The van der Waals surface area contributed by atoms with E-state index in [1.807, 2.05) is 24.3 Å². The van der Waals surface area contributed by atoms with E-state index in [-0.39, 0.29) is 30.5 Å². The molecule has 3 aromatic rings. The fourth-order valence-electron chi connectivity index (χ4n) is 3.85. The van der Waals surface area contributed by atoms with Gasteiger partial charge in [0.25, 0.3) is 5.91 Å². The first-order valence-electron chi connectivity index (χ1n) is 9.95. The Hall–Kier alpha value is -2.82. The van der Waals surface area contributed by atoms with Crippen LogP contribution < -0.4 is 0 Å². The van der Waals surface area contributed by atoms with Crippen molar-refractivity contribution in [2.45, 2.75) is 24.8 Å². The molecule has 10 heteroatoms. The molecule has 0 bridgehead atoms. The summed E-state index contributed by atoms with van der Waals surface area (Å²) in [4.78, 5) is 19.2. The lowest BCUT2D eigenvalue weighted by Crippen LogP contribution is -2.42. The van der Waals surface area contributed by atoms with Crippen molar-refractivity contribution in [2.75, 3.05) is 33.8 Å². The highest BCUT2D eigenvalue weighted by Crippen LogP contribution is 2.30. The van der Waals surface area contributed by atoms with E-state index in [4.69, 9.17) is 4.74 Å². The van der Waals surface area contributed by atoms with Crippen LogP contribution in [0, 0.1) is 13.8 Å². The Kier molecular flexibility index (Phi) is 5.54. The lowest BCUT2D eigenvalue weighted by molar-refractivity contribution is -0.00482. The fraction of sp³-hybridized carbons (Fsp3) is 0.381. The molecule has 1 aliphatic rings. The second kappa shape index (κ2) is 8.03.